The number of likely N-dealkylation sites (tertiary alicyclic amines) is 2. The summed E-state index contributed by atoms with van der Waals surface area (Å²) in [7, 11) is 0. The van der Waals surface area contributed by atoms with E-state index in [1.165, 1.54) is 0 Å². The molecule has 4 rings (SSSR count). The maximum Gasteiger partial charge on any atom is 0.308 e. The molecule has 2 fully saturated rings. The van der Waals surface area contributed by atoms with E-state index >= 15 is 0 Å². The van der Waals surface area contributed by atoms with E-state index in [9.17, 15) is 24.6 Å². The van der Waals surface area contributed by atoms with Crippen LogP contribution in [0.15, 0.2) is 12.1 Å². The van der Waals surface area contributed by atoms with Gasteiger partial charge in [0.15, 0.2) is 11.5 Å². The Bertz CT molecular complexity index is 1070. The Kier molecular flexibility index (Phi) is 11.2. The molecule has 11 nitrogen and oxygen atoms in total. The van der Waals surface area contributed by atoms with Crippen LogP contribution in [0.25, 0.3) is 0 Å². The Balaban J connectivity index is 1.58. The second-order valence-corrected chi connectivity index (χ2v) is 11.4. The first-order valence-electron chi connectivity index (χ1n) is 15.1. The maximum atomic E-state index is 13.6. The fourth-order valence-electron chi connectivity index (χ4n) is 6.49. The standard InChI is InChI=1S/C30H46N4O7/c1-2-3-11-33(12-5-4-10-31)27(37)18-34-17-23(21-15-22(19-35)29-25(16-21)40-20-41-29)28(30(38)39)24(34)8-6-13-32-14-7-9-26(32)36/h15-16,23-24,28,35H,2-14,17-20,31H2,1H3,(H,38,39)/t23-,24+,28-/m1/s1. The van der Waals surface area contributed by atoms with Gasteiger partial charge in [0.1, 0.15) is 0 Å². The summed E-state index contributed by atoms with van der Waals surface area (Å²) in [5, 5.41) is 20.5. The van der Waals surface area contributed by atoms with Crippen molar-refractivity contribution < 1.29 is 34.1 Å². The molecular formula is C30H46N4O7. The van der Waals surface area contributed by atoms with Gasteiger partial charge in [0.2, 0.25) is 18.6 Å². The minimum Gasteiger partial charge on any atom is -0.481 e. The lowest BCUT2D eigenvalue weighted by Crippen LogP contribution is -2.45. The molecule has 228 valence electrons. The number of nitrogens with two attached hydrogens (primary N) is 1. The second kappa shape index (κ2) is 14.8. The molecule has 4 N–H and O–H groups in total. The third kappa shape index (κ3) is 7.50. The molecule has 1 aromatic carbocycles. The highest BCUT2D eigenvalue weighted by atomic mass is 16.7. The van der Waals surface area contributed by atoms with E-state index in [1.807, 2.05) is 20.8 Å². The molecule has 0 radical (unpaired) electrons. The van der Waals surface area contributed by atoms with Crippen LogP contribution < -0.4 is 15.2 Å². The van der Waals surface area contributed by atoms with Gasteiger partial charge in [-0.25, -0.2) is 0 Å². The van der Waals surface area contributed by atoms with E-state index in [0.717, 1.165) is 44.2 Å². The molecule has 0 saturated carbocycles. The second-order valence-electron chi connectivity index (χ2n) is 11.4. The van der Waals surface area contributed by atoms with Crippen molar-refractivity contribution in [2.24, 2.45) is 11.7 Å². The van der Waals surface area contributed by atoms with Gasteiger partial charge < -0.3 is 35.2 Å². The Morgan fingerprint density at radius 3 is 2.63 bits per heavy atom. The first-order chi connectivity index (χ1) is 19.9. The molecule has 0 aliphatic carbocycles. The number of aliphatic hydroxyl groups is 1. The number of hydrogen-bond donors (Lipinski definition) is 3. The fraction of sp³-hybridized carbons (Fsp3) is 0.700. The summed E-state index contributed by atoms with van der Waals surface area (Å²) in [4.78, 5) is 44.4. The van der Waals surface area contributed by atoms with E-state index in [4.69, 9.17) is 15.2 Å². The largest absolute Gasteiger partial charge is 0.481 e. The number of carbonyl (C=O) groups is 3. The number of ether oxygens (including phenoxy) is 2. The minimum atomic E-state index is -0.916. The molecule has 0 spiro atoms. The van der Waals surface area contributed by atoms with Gasteiger partial charge in [0.25, 0.3) is 0 Å². The summed E-state index contributed by atoms with van der Waals surface area (Å²) in [5.41, 5.74) is 7.00. The van der Waals surface area contributed by atoms with Crippen molar-refractivity contribution in [2.45, 2.75) is 76.9 Å². The third-order valence-electron chi connectivity index (χ3n) is 8.66. The van der Waals surface area contributed by atoms with E-state index in [-0.39, 0.29) is 37.8 Å². The van der Waals surface area contributed by atoms with Crippen LogP contribution in [0, 0.1) is 5.92 Å². The summed E-state index contributed by atoms with van der Waals surface area (Å²) >= 11 is 0. The fourth-order valence-corrected chi connectivity index (χ4v) is 6.49. The van der Waals surface area contributed by atoms with Crippen LogP contribution >= 0.6 is 0 Å². The van der Waals surface area contributed by atoms with Gasteiger partial charge in [-0.15, -0.1) is 0 Å². The minimum absolute atomic E-state index is 0.00159. The summed E-state index contributed by atoms with van der Waals surface area (Å²) in [6, 6.07) is 3.24. The van der Waals surface area contributed by atoms with E-state index in [2.05, 4.69) is 6.92 Å². The molecule has 2 amide bonds. The molecule has 3 aliphatic heterocycles. The predicted octanol–water partition coefficient (Wildman–Crippen LogP) is 2.15. The number of fused-ring (bicyclic) bond motifs is 1. The van der Waals surface area contributed by atoms with E-state index in [1.54, 1.807) is 6.07 Å². The summed E-state index contributed by atoms with van der Waals surface area (Å²) in [6.45, 7) is 5.64. The third-order valence-corrected chi connectivity index (χ3v) is 8.66. The Hall–Kier alpha value is -2.89. The quantitative estimate of drug-likeness (QED) is 0.253. The average Bonchev–Trinajstić information content (AvgIpc) is 3.69. The molecule has 0 bridgehead atoms. The average molecular weight is 575 g/mol. The number of nitrogens with zero attached hydrogens (tertiary/aromatic N) is 3. The number of carbonyl (C=O) groups excluding carboxylic acids is 2. The molecule has 3 heterocycles. The van der Waals surface area contributed by atoms with Gasteiger partial charge in [-0.1, -0.05) is 13.3 Å². The van der Waals surface area contributed by atoms with Crippen LogP contribution in [0.1, 0.15) is 75.3 Å². The molecule has 1 aromatic rings. The molecule has 41 heavy (non-hydrogen) atoms. The molecule has 0 aromatic heterocycles. The number of amides is 2. The van der Waals surface area contributed by atoms with Crippen LogP contribution in [0.5, 0.6) is 11.5 Å². The normalized spacial score (nSPS) is 22.1. The molecule has 3 aliphatic rings. The van der Waals surface area contributed by atoms with Crippen molar-refractivity contribution in [3.63, 3.8) is 0 Å². The number of unbranched alkanes of at least 4 members (excludes halogenated alkanes) is 2. The van der Waals surface area contributed by atoms with Crippen molar-refractivity contribution in [3.8, 4) is 11.5 Å². The summed E-state index contributed by atoms with van der Waals surface area (Å²) in [6.07, 6.45) is 6.21. The highest BCUT2D eigenvalue weighted by molar-refractivity contribution is 5.79. The zero-order chi connectivity index (χ0) is 29.4. The molecular weight excluding hydrogens is 528 g/mol. The number of rotatable bonds is 16. The van der Waals surface area contributed by atoms with Crippen LogP contribution in [0.4, 0.5) is 0 Å². The smallest absolute Gasteiger partial charge is 0.308 e. The van der Waals surface area contributed by atoms with Crippen LogP contribution in [-0.2, 0) is 21.0 Å². The van der Waals surface area contributed by atoms with Crippen molar-refractivity contribution >= 4 is 17.8 Å². The Morgan fingerprint density at radius 1 is 1.15 bits per heavy atom. The van der Waals surface area contributed by atoms with Crippen molar-refractivity contribution in [3.05, 3.63) is 23.3 Å². The molecule has 11 heteroatoms. The van der Waals surface area contributed by atoms with E-state index < -0.39 is 17.8 Å². The van der Waals surface area contributed by atoms with Gasteiger partial charge in [-0.05, 0) is 62.8 Å². The lowest BCUT2D eigenvalue weighted by atomic mass is 9.83. The topological polar surface area (TPSA) is 146 Å². The Morgan fingerprint density at radius 2 is 1.95 bits per heavy atom. The Labute approximate surface area is 242 Å². The van der Waals surface area contributed by atoms with Crippen LogP contribution in [0.2, 0.25) is 0 Å². The van der Waals surface area contributed by atoms with E-state index in [0.29, 0.717) is 69.0 Å². The van der Waals surface area contributed by atoms with Gasteiger partial charge in [-0.3, -0.25) is 19.3 Å². The highest BCUT2D eigenvalue weighted by Gasteiger charge is 2.47. The monoisotopic (exact) mass is 574 g/mol. The molecule has 3 atom stereocenters. The van der Waals surface area contributed by atoms with Crippen LogP contribution in [0.3, 0.4) is 0 Å². The van der Waals surface area contributed by atoms with Gasteiger partial charge >= 0.3 is 5.97 Å². The summed E-state index contributed by atoms with van der Waals surface area (Å²) < 4.78 is 11.1. The first kappa shape index (κ1) is 31.1. The van der Waals surface area contributed by atoms with Crippen molar-refractivity contribution in [1.29, 1.82) is 0 Å². The number of carboxylic acids is 1. The lowest BCUT2D eigenvalue weighted by Gasteiger charge is -2.30. The molecule has 2 saturated heterocycles. The number of aliphatic carboxylic acids is 1. The van der Waals surface area contributed by atoms with Crippen LogP contribution in [-0.4, -0.2) is 101 Å². The van der Waals surface area contributed by atoms with Gasteiger partial charge in [0.05, 0.1) is 19.1 Å². The van der Waals surface area contributed by atoms with Crippen molar-refractivity contribution in [2.75, 3.05) is 52.6 Å². The zero-order valence-electron chi connectivity index (χ0n) is 24.3. The number of aliphatic hydroxyl groups excluding tert-OH is 1. The van der Waals surface area contributed by atoms with Gasteiger partial charge in [-0.2, -0.15) is 0 Å². The number of benzene rings is 1. The number of carboxylic acid groups (broad SMARTS) is 1. The maximum absolute atomic E-state index is 13.6. The SMILES string of the molecule is CCCCN(CCCCN)C(=O)CN1C[C@H](c2cc(CO)c3c(c2)OCO3)[C@@H](C(=O)O)[C@@H]1CCCN1CCCC1=O. The van der Waals surface area contributed by atoms with Crippen molar-refractivity contribution in [1.82, 2.24) is 14.7 Å². The van der Waals surface area contributed by atoms with Gasteiger partial charge in [0, 0.05) is 56.7 Å². The predicted molar refractivity (Wildman–Crippen MR) is 153 cm³/mol. The summed E-state index contributed by atoms with van der Waals surface area (Å²) in [5.74, 6) is -0.936. The first-order valence-corrected chi connectivity index (χ1v) is 15.1. The highest BCUT2D eigenvalue weighted by Crippen LogP contribution is 2.44. The molecule has 0 unspecified atom stereocenters. The lowest BCUT2D eigenvalue weighted by molar-refractivity contribution is -0.144. The number of hydrogen-bond acceptors (Lipinski definition) is 8. The zero-order valence-corrected chi connectivity index (χ0v) is 24.3.